The molecule has 0 unspecified atom stereocenters. The molecule has 104 valence electrons. The largest absolute Gasteiger partial charge is 0.480 e. The predicted molar refractivity (Wildman–Crippen MR) is 68.4 cm³/mol. The third kappa shape index (κ3) is 3.30. The van der Waals surface area contributed by atoms with Crippen molar-refractivity contribution < 1.29 is 19.0 Å². The van der Waals surface area contributed by atoms with Crippen LogP contribution in [0.25, 0.3) is 0 Å². The Balaban J connectivity index is 2.13. The van der Waals surface area contributed by atoms with E-state index in [1.54, 1.807) is 19.1 Å². The molecule has 0 saturated carbocycles. The van der Waals surface area contributed by atoms with Gasteiger partial charge in [0.05, 0.1) is 12.2 Å². The molecular weight excluding hydrogens is 249 g/mol. The lowest BCUT2D eigenvalue weighted by Gasteiger charge is -2.38. The fourth-order valence-corrected chi connectivity index (χ4v) is 2.32. The summed E-state index contributed by atoms with van der Waals surface area (Å²) >= 11 is 0. The maximum Gasteiger partial charge on any atom is 0.320 e. The lowest BCUT2D eigenvalue weighted by atomic mass is 10.1. The third-order valence-corrected chi connectivity index (χ3v) is 3.44. The van der Waals surface area contributed by atoms with Crippen molar-refractivity contribution in [1.82, 2.24) is 4.90 Å². The van der Waals surface area contributed by atoms with Crippen molar-refractivity contribution in [3.63, 3.8) is 0 Å². The molecule has 1 heterocycles. The Kier molecular flexibility index (Phi) is 4.17. The first-order valence-corrected chi connectivity index (χ1v) is 6.35. The molecule has 0 radical (unpaired) electrons. The maximum atomic E-state index is 12.9. The fraction of sp³-hybridized carbons (Fsp3) is 0.500. The quantitative estimate of drug-likeness (QED) is 0.910. The van der Waals surface area contributed by atoms with Crippen molar-refractivity contribution in [1.29, 1.82) is 0 Å². The molecule has 4 nitrogen and oxygen atoms in total. The van der Waals surface area contributed by atoms with E-state index >= 15 is 0 Å². The van der Waals surface area contributed by atoms with E-state index in [0.717, 1.165) is 5.56 Å². The Morgan fingerprint density at radius 1 is 1.42 bits per heavy atom. The Labute approximate surface area is 111 Å². The van der Waals surface area contributed by atoms with Crippen molar-refractivity contribution in [3.8, 4) is 0 Å². The monoisotopic (exact) mass is 267 g/mol. The van der Waals surface area contributed by atoms with Gasteiger partial charge in [-0.3, -0.25) is 9.69 Å². The van der Waals surface area contributed by atoms with Gasteiger partial charge in [0, 0.05) is 13.1 Å². The van der Waals surface area contributed by atoms with Crippen LogP contribution in [0.5, 0.6) is 0 Å². The SMILES string of the molecule is C[C@@H]1CN([C@@H](C)C(=O)O)C[C@@H](c2ccc(F)cc2)O1. The number of carbonyl (C=O) groups is 1. The minimum Gasteiger partial charge on any atom is -0.480 e. The first-order chi connectivity index (χ1) is 8.97. The zero-order valence-corrected chi connectivity index (χ0v) is 11.0. The van der Waals surface area contributed by atoms with Gasteiger partial charge in [-0.05, 0) is 31.5 Å². The van der Waals surface area contributed by atoms with Crippen molar-refractivity contribution >= 4 is 5.97 Å². The van der Waals surface area contributed by atoms with E-state index in [4.69, 9.17) is 9.84 Å². The standard InChI is InChI=1S/C14H18FNO3/c1-9-7-16(10(2)14(17)18)8-13(19-9)11-3-5-12(15)6-4-11/h3-6,9-10,13H,7-8H2,1-2H3,(H,17,18)/t9-,10+,13+/m1/s1. The summed E-state index contributed by atoms with van der Waals surface area (Å²) in [5.41, 5.74) is 0.871. The summed E-state index contributed by atoms with van der Waals surface area (Å²) in [5.74, 6) is -1.13. The van der Waals surface area contributed by atoms with Gasteiger partial charge in [-0.2, -0.15) is 0 Å². The van der Waals surface area contributed by atoms with Gasteiger partial charge in [-0.15, -0.1) is 0 Å². The van der Waals surface area contributed by atoms with E-state index in [0.29, 0.717) is 13.1 Å². The van der Waals surface area contributed by atoms with Crippen LogP contribution in [0.1, 0.15) is 25.5 Å². The minimum absolute atomic E-state index is 0.0504. The summed E-state index contributed by atoms with van der Waals surface area (Å²) in [5, 5.41) is 9.08. The molecule has 19 heavy (non-hydrogen) atoms. The van der Waals surface area contributed by atoms with Crippen molar-refractivity contribution in [3.05, 3.63) is 35.6 Å². The second-order valence-electron chi connectivity index (χ2n) is 4.96. The molecule has 3 atom stereocenters. The molecule has 1 fully saturated rings. The van der Waals surface area contributed by atoms with Gasteiger partial charge in [0.25, 0.3) is 0 Å². The molecule has 1 aromatic carbocycles. The molecule has 2 rings (SSSR count). The van der Waals surface area contributed by atoms with Crippen LogP contribution < -0.4 is 0 Å². The van der Waals surface area contributed by atoms with Crippen molar-refractivity contribution in [2.45, 2.75) is 32.1 Å². The van der Waals surface area contributed by atoms with Crippen LogP contribution in [0.2, 0.25) is 0 Å². The molecule has 5 heteroatoms. The number of halogens is 1. The number of benzene rings is 1. The van der Waals surface area contributed by atoms with E-state index in [2.05, 4.69) is 0 Å². The average molecular weight is 267 g/mol. The highest BCUT2D eigenvalue weighted by Crippen LogP contribution is 2.26. The Bertz CT molecular complexity index is 449. The highest BCUT2D eigenvalue weighted by molar-refractivity contribution is 5.72. The Hall–Kier alpha value is -1.46. The van der Waals surface area contributed by atoms with Gasteiger partial charge in [0.1, 0.15) is 11.9 Å². The number of carboxylic acid groups (broad SMARTS) is 1. The number of ether oxygens (including phenoxy) is 1. The van der Waals surface area contributed by atoms with Gasteiger partial charge in [-0.1, -0.05) is 12.1 Å². The summed E-state index contributed by atoms with van der Waals surface area (Å²) < 4.78 is 18.7. The van der Waals surface area contributed by atoms with Crippen LogP contribution in [0.3, 0.4) is 0 Å². The van der Waals surface area contributed by atoms with E-state index in [9.17, 15) is 9.18 Å². The summed E-state index contributed by atoms with van der Waals surface area (Å²) in [6, 6.07) is 5.60. The smallest absolute Gasteiger partial charge is 0.320 e. The number of carboxylic acids is 1. The number of rotatable bonds is 3. The number of hydrogen-bond donors (Lipinski definition) is 1. The zero-order valence-electron chi connectivity index (χ0n) is 11.0. The van der Waals surface area contributed by atoms with Crippen molar-refractivity contribution in [2.75, 3.05) is 13.1 Å². The van der Waals surface area contributed by atoms with Gasteiger partial charge in [0.15, 0.2) is 0 Å². The summed E-state index contributed by atoms with van der Waals surface area (Å²) in [6.45, 7) is 4.67. The average Bonchev–Trinajstić information content (AvgIpc) is 2.37. The van der Waals surface area contributed by atoms with E-state index in [1.807, 2.05) is 11.8 Å². The van der Waals surface area contributed by atoms with Crippen LogP contribution in [0.4, 0.5) is 4.39 Å². The highest BCUT2D eigenvalue weighted by atomic mass is 19.1. The molecule has 1 aromatic rings. The van der Waals surface area contributed by atoms with Gasteiger partial charge < -0.3 is 9.84 Å². The molecule has 0 aliphatic carbocycles. The van der Waals surface area contributed by atoms with Crippen LogP contribution >= 0.6 is 0 Å². The molecular formula is C14H18FNO3. The van der Waals surface area contributed by atoms with Crippen LogP contribution in [0.15, 0.2) is 24.3 Å². The Morgan fingerprint density at radius 2 is 2.05 bits per heavy atom. The number of nitrogens with zero attached hydrogens (tertiary/aromatic N) is 1. The third-order valence-electron chi connectivity index (χ3n) is 3.44. The first-order valence-electron chi connectivity index (χ1n) is 6.35. The van der Waals surface area contributed by atoms with Gasteiger partial charge >= 0.3 is 5.97 Å². The zero-order chi connectivity index (χ0) is 14.0. The number of morpholine rings is 1. The van der Waals surface area contributed by atoms with E-state index in [1.165, 1.54) is 12.1 Å². The topological polar surface area (TPSA) is 49.8 Å². The molecule has 1 aliphatic heterocycles. The lowest BCUT2D eigenvalue weighted by Crippen LogP contribution is -2.49. The number of aliphatic carboxylic acids is 1. The predicted octanol–water partition coefficient (Wildman–Crippen LogP) is 2.06. The Morgan fingerprint density at radius 3 is 2.63 bits per heavy atom. The van der Waals surface area contributed by atoms with E-state index < -0.39 is 12.0 Å². The molecule has 0 spiro atoms. The molecule has 0 aromatic heterocycles. The molecule has 1 saturated heterocycles. The molecule has 0 amide bonds. The van der Waals surface area contributed by atoms with Crippen molar-refractivity contribution in [2.24, 2.45) is 0 Å². The lowest BCUT2D eigenvalue weighted by molar-refractivity contribution is -0.148. The highest BCUT2D eigenvalue weighted by Gasteiger charge is 2.31. The normalized spacial score (nSPS) is 26.1. The van der Waals surface area contributed by atoms with Gasteiger partial charge in [0.2, 0.25) is 0 Å². The molecule has 1 aliphatic rings. The van der Waals surface area contributed by atoms with Crippen LogP contribution in [-0.2, 0) is 9.53 Å². The number of hydrogen-bond acceptors (Lipinski definition) is 3. The maximum absolute atomic E-state index is 12.9. The second kappa shape index (κ2) is 5.67. The molecule has 1 N–H and O–H groups in total. The second-order valence-corrected chi connectivity index (χ2v) is 4.96. The summed E-state index contributed by atoms with van der Waals surface area (Å²) in [6.07, 6.45) is -0.267. The summed E-state index contributed by atoms with van der Waals surface area (Å²) in [4.78, 5) is 12.9. The molecule has 0 bridgehead atoms. The first kappa shape index (κ1) is 14.0. The van der Waals surface area contributed by atoms with Crippen LogP contribution in [-0.4, -0.2) is 41.2 Å². The van der Waals surface area contributed by atoms with Gasteiger partial charge in [-0.25, -0.2) is 4.39 Å². The fourth-order valence-electron chi connectivity index (χ4n) is 2.32. The van der Waals surface area contributed by atoms with Crippen LogP contribution in [0, 0.1) is 5.82 Å². The minimum atomic E-state index is -0.841. The summed E-state index contributed by atoms with van der Waals surface area (Å²) in [7, 11) is 0. The van der Waals surface area contributed by atoms with E-state index in [-0.39, 0.29) is 18.0 Å².